The van der Waals surface area contributed by atoms with E-state index in [-0.39, 0.29) is 23.5 Å². The van der Waals surface area contributed by atoms with Crippen LogP contribution in [-0.4, -0.2) is 33.0 Å². The fourth-order valence-electron chi connectivity index (χ4n) is 9.32. The van der Waals surface area contributed by atoms with Gasteiger partial charge < -0.3 is 23.7 Å². The van der Waals surface area contributed by atoms with Crippen molar-refractivity contribution in [3.8, 4) is 28.7 Å². The van der Waals surface area contributed by atoms with Crippen LogP contribution in [0.15, 0.2) is 267 Å². The van der Waals surface area contributed by atoms with E-state index in [4.69, 9.17) is 86.8 Å². The Morgan fingerprint density at radius 2 is 0.263 bits per heavy atom. The fourth-order valence-corrected chi connectivity index (χ4v) is 10.00. The average Bonchev–Trinajstić information content (AvgIpc) is 3.77. The molecule has 0 heterocycles. The van der Waals surface area contributed by atoms with Crippen LogP contribution in [0.2, 0.25) is 0 Å². The van der Waals surface area contributed by atoms with Gasteiger partial charge in [-0.1, -0.05) is 184 Å². The van der Waals surface area contributed by atoms with Crippen molar-refractivity contribution in [2.75, 3.05) is 33.0 Å². The van der Waals surface area contributed by atoms with Crippen molar-refractivity contribution in [1.29, 1.82) is 0 Å². The van der Waals surface area contributed by atoms with Crippen molar-refractivity contribution < 1.29 is 47.2 Å². The van der Waals surface area contributed by atoms with E-state index in [2.05, 4.69) is 121 Å². The van der Waals surface area contributed by atoms with Crippen LogP contribution in [0.1, 0.15) is 90.3 Å². The van der Waals surface area contributed by atoms with Crippen molar-refractivity contribution in [1.82, 2.24) is 0 Å². The summed E-state index contributed by atoms with van der Waals surface area (Å²) in [7, 11) is 0. The Kier molecular flexibility index (Phi) is 44.3. The highest BCUT2D eigenvalue weighted by Gasteiger charge is 2.04. The van der Waals surface area contributed by atoms with Gasteiger partial charge in [0.05, 0.1) is 33.0 Å². The number of hydrogen-bond acceptors (Lipinski definition) is 5. The van der Waals surface area contributed by atoms with Crippen LogP contribution in [0.25, 0.3) is 0 Å². The second-order valence-corrected chi connectivity index (χ2v) is 23.5. The molecule has 5 nitrogen and oxygen atoms in total. The lowest BCUT2D eigenvalue weighted by Crippen LogP contribution is -1.93. The van der Waals surface area contributed by atoms with E-state index in [1.807, 2.05) is 156 Å². The molecule has 95 heavy (non-hydrogen) atoms. The zero-order chi connectivity index (χ0) is 64.0. The molecule has 0 spiro atoms. The molecule has 15 heteroatoms. The van der Waals surface area contributed by atoms with E-state index in [1.165, 1.54) is 55.6 Å². The summed E-state index contributed by atoms with van der Waals surface area (Å²) in [5.41, 5.74) is 13.3. The molecule has 0 saturated heterocycles. The van der Waals surface area contributed by atoms with Crippen molar-refractivity contribution >= 4 is 63.1 Å². The Bertz CT molecular complexity index is 2950. The second kappa shape index (κ2) is 49.5. The molecule has 10 rings (SSSR count). The van der Waals surface area contributed by atoms with Gasteiger partial charge in [-0.15, -0.1) is 0 Å². The molecular formula is C80H90F5O5S5. The minimum atomic E-state index is 0. The average molecular weight is 1390 g/mol. The maximum atomic E-state index is 5.43. The van der Waals surface area contributed by atoms with E-state index >= 15 is 0 Å². The predicted octanol–water partition coefficient (Wildman–Crippen LogP) is 22.9. The lowest BCUT2D eigenvalue weighted by Gasteiger charge is -2.05. The first-order valence-corrected chi connectivity index (χ1v) is 33.3. The van der Waals surface area contributed by atoms with Gasteiger partial charge in [0.1, 0.15) is 28.7 Å². The Morgan fingerprint density at radius 3 is 0.358 bits per heavy atom. The van der Waals surface area contributed by atoms with E-state index in [9.17, 15) is 0 Å². The van der Waals surface area contributed by atoms with E-state index < -0.39 is 0 Å². The molecule has 5 radical (unpaired) electrons. The number of aryl methyl sites for hydroxylation is 10. The summed E-state index contributed by atoms with van der Waals surface area (Å²) in [6, 6.07) is 82.6. The molecule has 0 N–H and O–H groups in total. The van der Waals surface area contributed by atoms with Gasteiger partial charge in [-0.05, 0) is 276 Å². The van der Waals surface area contributed by atoms with E-state index in [0.717, 1.165) is 117 Å². The summed E-state index contributed by atoms with van der Waals surface area (Å²) in [5, 5.41) is 0. The van der Waals surface area contributed by atoms with Crippen LogP contribution in [0.5, 0.6) is 28.7 Å². The molecule has 0 aliphatic carbocycles. The molecule has 0 amide bonds. The highest BCUT2D eigenvalue weighted by Crippen LogP contribution is 2.21. The third kappa shape index (κ3) is 34.8. The van der Waals surface area contributed by atoms with Gasteiger partial charge in [-0.3, -0.25) is 23.5 Å². The monoisotopic (exact) mass is 1390 g/mol. The molecule has 10 aromatic carbocycles. The molecular weight excluding hydrogens is 1300 g/mol. The van der Waals surface area contributed by atoms with Crippen LogP contribution in [0.4, 0.5) is 23.5 Å². The zero-order valence-electron chi connectivity index (χ0n) is 54.8. The third-order valence-electron chi connectivity index (χ3n) is 14.3. The number of benzene rings is 10. The Morgan fingerprint density at radius 1 is 0.168 bits per heavy atom. The van der Waals surface area contributed by atoms with Crippen LogP contribution >= 0.6 is 63.1 Å². The molecule has 0 aromatic heterocycles. The summed E-state index contributed by atoms with van der Waals surface area (Å²) >= 11 is 25.4. The molecule has 0 aliphatic rings. The summed E-state index contributed by atoms with van der Waals surface area (Å²) < 4.78 is 27.1. The minimum Gasteiger partial charge on any atom is -0.494 e. The maximum Gasteiger partial charge on any atom is 0.119 e. The van der Waals surface area contributed by atoms with Gasteiger partial charge in [0.2, 0.25) is 0 Å². The molecule has 0 fully saturated rings. The molecule has 0 atom stereocenters. The van der Waals surface area contributed by atoms with Gasteiger partial charge in [-0.25, -0.2) is 0 Å². The first-order chi connectivity index (χ1) is 43.9. The van der Waals surface area contributed by atoms with E-state index in [0.29, 0.717) is 33.0 Å². The maximum absolute atomic E-state index is 5.43. The van der Waals surface area contributed by atoms with Gasteiger partial charge in [0.25, 0.3) is 0 Å². The van der Waals surface area contributed by atoms with Gasteiger partial charge in [0, 0.05) is 24.5 Å². The fraction of sp³-hybridized carbons (Fsp3) is 0.250. The van der Waals surface area contributed by atoms with Crippen molar-refractivity contribution in [2.45, 2.75) is 123 Å². The number of hydrogen-bond donors (Lipinski definition) is 0. The van der Waals surface area contributed by atoms with Crippen molar-refractivity contribution in [2.24, 2.45) is 0 Å². The molecule has 10 aromatic rings. The standard InChI is InChI=1S/5C16H17OS.5FH/c5*1-2-17-15-9-5-13(6-10-15)3-4-14-7-11-16(18)12-8-14;;;;;/h5*5-12H,2-4H2,1H3;5*1H. The van der Waals surface area contributed by atoms with Gasteiger partial charge in [-0.2, -0.15) is 0 Å². The molecule has 505 valence electrons. The summed E-state index contributed by atoms with van der Waals surface area (Å²) in [6.07, 6.45) is 10.5. The first kappa shape index (κ1) is 85.0. The third-order valence-corrected chi connectivity index (χ3v) is 15.7. The molecule has 0 bridgehead atoms. The highest BCUT2D eigenvalue weighted by molar-refractivity contribution is 7.81. The van der Waals surface area contributed by atoms with Crippen LogP contribution in [0.3, 0.4) is 0 Å². The lowest BCUT2D eigenvalue weighted by molar-refractivity contribution is 0.340. The number of halogens is 5. The largest absolute Gasteiger partial charge is 0.494 e. The Balaban J connectivity index is 0.000000586. The summed E-state index contributed by atoms with van der Waals surface area (Å²) in [5.74, 6) is 4.71. The number of rotatable bonds is 25. The Hall–Kier alpha value is -8.05. The highest BCUT2D eigenvalue weighted by atomic mass is 32.1. The first-order valence-electron chi connectivity index (χ1n) is 31.3. The molecule has 0 saturated carbocycles. The normalized spacial score (nSPS) is 9.74. The predicted molar refractivity (Wildman–Crippen MR) is 399 cm³/mol. The molecule has 0 aliphatic heterocycles. The lowest BCUT2D eigenvalue weighted by atomic mass is 10.0. The summed E-state index contributed by atoms with van der Waals surface area (Å²) in [4.78, 5) is 4.51. The quantitative estimate of drug-likeness (QED) is 0.0534. The molecule has 0 unspecified atom stereocenters. The summed E-state index contributed by atoms with van der Waals surface area (Å²) in [6.45, 7) is 13.6. The van der Waals surface area contributed by atoms with Crippen LogP contribution < -0.4 is 23.7 Å². The smallest absolute Gasteiger partial charge is 0.119 e. The van der Waals surface area contributed by atoms with Gasteiger partial charge in [0.15, 0.2) is 0 Å². The SMILES string of the molecule is CCOc1ccc(CCc2ccc([S])cc2)cc1.CCOc1ccc(CCc2ccc([S])cc2)cc1.CCOc1ccc(CCc2ccc([S])cc2)cc1.CCOc1ccc(CCc2ccc([S])cc2)cc1.CCOc1ccc(CCc2ccc([S])cc2)cc1.F.F.F.F.F. The van der Waals surface area contributed by atoms with Gasteiger partial charge >= 0.3 is 0 Å². The van der Waals surface area contributed by atoms with Crippen LogP contribution in [-0.2, 0) is 64.2 Å². The van der Waals surface area contributed by atoms with Crippen molar-refractivity contribution in [3.05, 3.63) is 298 Å². The minimum absolute atomic E-state index is 0. The topological polar surface area (TPSA) is 46.2 Å². The van der Waals surface area contributed by atoms with Crippen molar-refractivity contribution in [3.63, 3.8) is 0 Å². The van der Waals surface area contributed by atoms with E-state index in [1.54, 1.807) is 0 Å². The number of ether oxygens (including phenoxy) is 5. The zero-order valence-corrected chi connectivity index (χ0v) is 58.9. The Labute approximate surface area is 589 Å². The van der Waals surface area contributed by atoms with Crippen LogP contribution in [0, 0.1) is 0 Å². The second-order valence-electron chi connectivity index (χ2n) is 21.1.